The number of amides is 1. The number of hydrogen-bond donors (Lipinski definition) is 1. The molecule has 0 aromatic heterocycles. The molecule has 1 aromatic carbocycles. The molecule has 1 aromatic rings. The van der Waals surface area contributed by atoms with E-state index >= 15 is 0 Å². The third-order valence-electron chi connectivity index (χ3n) is 3.95. The maximum atomic E-state index is 13.6. The average Bonchev–Trinajstić information content (AvgIpc) is 2.52. The summed E-state index contributed by atoms with van der Waals surface area (Å²) in [4.78, 5) is 11.8. The van der Waals surface area contributed by atoms with Gasteiger partial charge in [0, 0.05) is 23.7 Å². The minimum atomic E-state index is -0.441. The van der Waals surface area contributed by atoms with Crippen LogP contribution < -0.4 is 5.32 Å². The summed E-state index contributed by atoms with van der Waals surface area (Å²) in [6.07, 6.45) is 7.25. The molecule has 5 heteroatoms. The third-order valence-corrected chi connectivity index (χ3v) is 4.30. The molecule has 0 saturated heterocycles. The summed E-state index contributed by atoms with van der Waals surface area (Å²) in [5, 5.41) is 3.07. The van der Waals surface area contributed by atoms with Crippen molar-refractivity contribution in [3.63, 3.8) is 0 Å². The van der Waals surface area contributed by atoms with Crippen molar-refractivity contribution >= 4 is 17.5 Å². The monoisotopic (exact) mass is 327 g/mol. The number of benzene rings is 1. The quantitative estimate of drug-likeness (QED) is 0.772. The van der Waals surface area contributed by atoms with Gasteiger partial charge in [-0.2, -0.15) is 0 Å². The molecule has 0 radical (unpaired) electrons. The van der Waals surface area contributed by atoms with E-state index in [4.69, 9.17) is 16.3 Å². The van der Waals surface area contributed by atoms with Crippen molar-refractivity contribution in [1.82, 2.24) is 5.32 Å². The van der Waals surface area contributed by atoms with E-state index in [2.05, 4.69) is 5.32 Å². The molecule has 0 spiro atoms. The van der Waals surface area contributed by atoms with Crippen LogP contribution in [0.2, 0.25) is 5.02 Å². The molecule has 3 nitrogen and oxygen atoms in total. The number of nitrogens with one attached hydrogen (secondary N) is 1. The van der Waals surface area contributed by atoms with Gasteiger partial charge in [-0.15, -0.1) is 0 Å². The predicted octanol–water partition coefficient (Wildman–Crippen LogP) is 3.88. The van der Waals surface area contributed by atoms with Crippen LogP contribution in [0, 0.1) is 5.82 Å². The van der Waals surface area contributed by atoms with Crippen molar-refractivity contribution in [2.45, 2.75) is 51.0 Å². The minimum Gasteiger partial charge on any atom is -0.378 e. The van der Waals surface area contributed by atoms with Crippen molar-refractivity contribution in [2.24, 2.45) is 0 Å². The van der Waals surface area contributed by atoms with Gasteiger partial charge < -0.3 is 10.1 Å². The van der Waals surface area contributed by atoms with E-state index in [1.807, 2.05) is 0 Å². The van der Waals surface area contributed by atoms with E-state index in [1.54, 1.807) is 6.07 Å². The molecular formula is C17H23ClFNO2. The molecular weight excluding hydrogens is 305 g/mol. The van der Waals surface area contributed by atoms with E-state index in [-0.39, 0.29) is 22.9 Å². The molecule has 1 saturated carbocycles. The lowest BCUT2D eigenvalue weighted by Gasteiger charge is -2.21. The number of halogens is 2. The number of carbonyl (C=O) groups is 1. The lowest BCUT2D eigenvalue weighted by atomic mass is 9.98. The Kier molecular flexibility index (Phi) is 7.13. The summed E-state index contributed by atoms with van der Waals surface area (Å²) < 4.78 is 19.4. The molecule has 0 bridgehead atoms. The summed E-state index contributed by atoms with van der Waals surface area (Å²) >= 11 is 5.90. The Hall–Kier alpha value is -1.13. The van der Waals surface area contributed by atoms with Gasteiger partial charge >= 0.3 is 0 Å². The highest BCUT2D eigenvalue weighted by Crippen LogP contribution is 2.20. The minimum absolute atomic E-state index is 0.0327. The largest absolute Gasteiger partial charge is 0.378 e. The Bertz CT molecular complexity index is 469. The van der Waals surface area contributed by atoms with Crippen LogP contribution in [0.4, 0.5) is 4.39 Å². The van der Waals surface area contributed by atoms with Crippen molar-refractivity contribution in [1.29, 1.82) is 0 Å². The number of carbonyl (C=O) groups excluding carboxylic acids is 1. The second-order valence-electron chi connectivity index (χ2n) is 5.71. The topological polar surface area (TPSA) is 38.3 Å². The van der Waals surface area contributed by atoms with Gasteiger partial charge in [0.15, 0.2) is 0 Å². The highest BCUT2D eigenvalue weighted by molar-refractivity contribution is 6.31. The molecule has 0 heterocycles. The van der Waals surface area contributed by atoms with Gasteiger partial charge in [0.25, 0.3) is 0 Å². The smallest absolute Gasteiger partial charge is 0.224 e. The molecule has 2 rings (SSSR count). The Labute approximate surface area is 136 Å². The van der Waals surface area contributed by atoms with E-state index in [0.717, 1.165) is 19.3 Å². The SMILES string of the molecule is O=C(Cc1c(F)cccc1Cl)NCCCOC1CCCCC1. The Balaban J connectivity index is 1.61. The van der Waals surface area contributed by atoms with Gasteiger partial charge in [-0.05, 0) is 31.4 Å². The zero-order chi connectivity index (χ0) is 15.8. The first kappa shape index (κ1) is 17.2. The van der Waals surface area contributed by atoms with Crippen LogP contribution >= 0.6 is 11.6 Å². The maximum Gasteiger partial charge on any atom is 0.224 e. The summed E-state index contributed by atoms with van der Waals surface area (Å²) in [5.74, 6) is -0.659. The lowest BCUT2D eigenvalue weighted by molar-refractivity contribution is -0.120. The van der Waals surface area contributed by atoms with E-state index in [0.29, 0.717) is 19.3 Å². The number of rotatable bonds is 7. The van der Waals surface area contributed by atoms with E-state index < -0.39 is 5.82 Å². The molecule has 1 aliphatic carbocycles. The molecule has 1 N–H and O–H groups in total. The number of ether oxygens (including phenoxy) is 1. The molecule has 0 aliphatic heterocycles. The normalized spacial score (nSPS) is 15.7. The first-order valence-corrected chi connectivity index (χ1v) is 8.36. The highest BCUT2D eigenvalue weighted by atomic mass is 35.5. The zero-order valence-electron chi connectivity index (χ0n) is 12.7. The van der Waals surface area contributed by atoms with Crippen molar-refractivity contribution < 1.29 is 13.9 Å². The Morgan fingerprint density at radius 3 is 2.82 bits per heavy atom. The first-order chi connectivity index (χ1) is 10.7. The van der Waals surface area contributed by atoms with Gasteiger partial charge in [0.1, 0.15) is 5.82 Å². The van der Waals surface area contributed by atoms with Gasteiger partial charge in [0.05, 0.1) is 12.5 Å². The first-order valence-electron chi connectivity index (χ1n) is 7.98. The molecule has 0 unspecified atom stereocenters. The molecule has 0 atom stereocenters. The van der Waals surface area contributed by atoms with Crippen LogP contribution in [0.15, 0.2) is 18.2 Å². The second kappa shape index (κ2) is 9.11. The standard InChI is InChI=1S/C17H23ClFNO2/c18-15-8-4-9-16(19)14(15)12-17(21)20-10-5-11-22-13-6-2-1-3-7-13/h4,8-9,13H,1-3,5-7,10-12H2,(H,20,21). The summed E-state index contributed by atoms with van der Waals surface area (Å²) in [6, 6.07) is 4.43. The van der Waals surface area contributed by atoms with Gasteiger partial charge in [-0.1, -0.05) is 36.9 Å². The van der Waals surface area contributed by atoms with Gasteiger partial charge in [-0.25, -0.2) is 4.39 Å². The summed E-state index contributed by atoms with van der Waals surface area (Å²) in [7, 11) is 0. The average molecular weight is 328 g/mol. The predicted molar refractivity (Wildman–Crippen MR) is 85.6 cm³/mol. The van der Waals surface area contributed by atoms with Gasteiger partial charge in [0.2, 0.25) is 5.91 Å². The van der Waals surface area contributed by atoms with Crippen LogP contribution in [0.3, 0.4) is 0 Å². The number of hydrogen-bond acceptors (Lipinski definition) is 2. The fourth-order valence-corrected chi connectivity index (χ4v) is 2.94. The van der Waals surface area contributed by atoms with Crippen molar-refractivity contribution in [3.8, 4) is 0 Å². The van der Waals surface area contributed by atoms with Gasteiger partial charge in [-0.3, -0.25) is 4.79 Å². The van der Waals surface area contributed by atoms with E-state index in [9.17, 15) is 9.18 Å². The van der Waals surface area contributed by atoms with Crippen LogP contribution in [0.1, 0.15) is 44.1 Å². The molecule has 1 aliphatic rings. The van der Waals surface area contributed by atoms with Crippen LogP contribution in [0.5, 0.6) is 0 Å². The molecule has 22 heavy (non-hydrogen) atoms. The zero-order valence-corrected chi connectivity index (χ0v) is 13.5. The van der Waals surface area contributed by atoms with Crippen molar-refractivity contribution in [2.75, 3.05) is 13.2 Å². The molecule has 1 fully saturated rings. The summed E-state index contributed by atoms with van der Waals surface area (Å²) in [6.45, 7) is 1.20. The highest BCUT2D eigenvalue weighted by Gasteiger charge is 2.14. The Morgan fingerprint density at radius 1 is 1.32 bits per heavy atom. The Morgan fingerprint density at radius 2 is 2.09 bits per heavy atom. The van der Waals surface area contributed by atoms with Crippen LogP contribution in [-0.2, 0) is 16.0 Å². The fraction of sp³-hybridized carbons (Fsp3) is 0.588. The maximum absolute atomic E-state index is 13.6. The summed E-state index contributed by atoms with van der Waals surface area (Å²) in [5.41, 5.74) is 0.250. The van der Waals surface area contributed by atoms with Crippen LogP contribution in [0.25, 0.3) is 0 Å². The van der Waals surface area contributed by atoms with E-state index in [1.165, 1.54) is 31.4 Å². The lowest BCUT2D eigenvalue weighted by Crippen LogP contribution is -2.28. The van der Waals surface area contributed by atoms with Crippen molar-refractivity contribution in [3.05, 3.63) is 34.6 Å². The second-order valence-corrected chi connectivity index (χ2v) is 6.12. The third kappa shape index (κ3) is 5.58. The molecule has 122 valence electrons. The molecule has 1 amide bonds. The fourth-order valence-electron chi connectivity index (χ4n) is 2.71. The van der Waals surface area contributed by atoms with Crippen LogP contribution in [-0.4, -0.2) is 25.2 Å².